The monoisotopic (exact) mass is 278 g/mol. The van der Waals surface area contributed by atoms with E-state index in [1.807, 2.05) is 18.2 Å². The van der Waals surface area contributed by atoms with Crippen LogP contribution in [0.3, 0.4) is 0 Å². The van der Waals surface area contributed by atoms with Gasteiger partial charge in [0.1, 0.15) is 0 Å². The summed E-state index contributed by atoms with van der Waals surface area (Å²) < 4.78 is 4.99. The van der Waals surface area contributed by atoms with Crippen LogP contribution in [-0.2, 0) is 9.53 Å². The molecule has 0 N–H and O–H groups in total. The standard InChI is InChI=1S/C19H18O2/c1-4-15(12-14(3)19(20)21-5-2)18-11-10-16-8-6-7-9-17(16)13-18/h6-13H,1,5H2,2-3H3/b14-12+. The third-order valence-electron chi connectivity index (χ3n) is 3.21. The summed E-state index contributed by atoms with van der Waals surface area (Å²) in [6, 6.07) is 14.3. The van der Waals surface area contributed by atoms with Crippen molar-refractivity contribution in [1.82, 2.24) is 0 Å². The van der Waals surface area contributed by atoms with Gasteiger partial charge in [0.25, 0.3) is 0 Å². The third-order valence-corrected chi connectivity index (χ3v) is 3.21. The Kier molecular flexibility index (Phi) is 4.76. The quantitative estimate of drug-likeness (QED) is 0.356. The molecule has 0 heterocycles. The maximum atomic E-state index is 11.7. The van der Waals surface area contributed by atoms with Crippen LogP contribution in [0.4, 0.5) is 0 Å². The Hall–Kier alpha value is -2.57. The number of fused-ring (bicyclic) bond motifs is 1. The van der Waals surface area contributed by atoms with Crippen LogP contribution in [0.2, 0.25) is 0 Å². The zero-order chi connectivity index (χ0) is 15.2. The Bertz CT molecular complexity index is 747. The van der Waals surface area contributed by atoms with Crippen molar-refractivity contribution in [2.24, 2.45) is 0 Å². The average Bonchev–Trinajstić information content (AvgIpc) is 2.52. The molecule has 0 aliphatic heterocycles. The van der Waals surface area contributed by atoms with Crippen LogP contribution < -0.4 is 0 Å². The van der Waals surface area contributed by atoms with E-state index in [9.17, 15) is 4.79 Å². The summed E-state index contributed by atoms with van der Waals surface area (Å²) in [6.07, 6.45) is 1.76. The highest BCUT2D eigenvalue weighted by Crippen LogP contribution is 2.22. The lowest BCUT2D eigenvalue weighted by molar-refractivity contribution is -0.138. The van der Waals surface area contributed by atoms with E-state index in [0.29, 0.717) is 12.2 Å². The number of benzene rings is 2. The Balaban J connectivity index is 2.38. The SMILES string of the molecule is C=C=C(/C=C(\C)C(=O)OCC)c1ccc2ccccc2c1. The summed E-state index contributed by atoms with van der Waals surface area (Å²) in [4.78, 5) is 11.7. The zero-order valence-corrected chi connectivity index (χ0v) is 12.3. The predicted molar refractivity (Wildman–Crippen MR) is 86.9 cm³/mol. The van der Waals surface area contributed by atoms with Crippen LogP contribution >= 0.6 is 0 Å². The molecule has 21 heavy (non-hydrogen) atoms. The molecule has 0 radical (unpaired) electrons. The lowest BCUT2D eigenvalue weighted by Gasteiger charge is -2.05. The Morgan fingerprint density at radius 2 is 1.95 bits per heavy atom. The second kappa shape index (κ2) is 6.74. The van der Waals surface area contributed by atoms with Gasteiger partial charge in [-0.05, 0) is 42.3 Å². The van der Waals surface area contributed by atoms with E-state index in [0.717, 1.165) is 16.5 Å². The lowest BCUT2D eigenvalue weighted by Crippen LogP contribution is -2.05. The summed E-state index contributed by atoms with van der Waals surface area (Å²) in [7, 11) is 0. The van der Waals surface area contributed by atoms with E-state index >= 15 is 0 Å². The molecular weight excluding hydrogens is 260 g/mol. The van der Waals surface area contributed by atoms with Gasteiger partial charge in [0.05, 0.1) is 6.61 Å². The minimum atomic E-state index is -0.314. The highest BCUT2D eigenvalue weighted by molar-refractivity contribution is 5.93. The van der Waals surface area contributed by atoms with Gasteiger partial charge in [-0.2, -0.15) is 0 Å². The number of esters is 1. The molecule has 2 aromatic carbocycles. The van der Waals surface area contributed by atoms with Crippen LogP contribution in [0, 0.1) is 0 Å². The second-order valence-corrected chi connectivity index (χ2v) is 4.70. The number of rotatable bonds is 4. The van der Waals surface area contributed by atoms with Crippen LogP contribution in [0.15, 0.2) is 66.4 Å². The molecule has 0 bridgehead atoms. The van der Waals surface area contributed by atoms with Gasteiger partial charge in [-0.1, -0.05) is 43.0 Å². The fourth-order valence-electron chi connectivity index (χ4n) is 2.11. The average molecular weight is 278 g/mol. The first kappa shape index (κ1) is 14.8. The van der Waals surface area contributed by atoms with Crippen molar-refractivity contribution in [3.8, 4) is 0 Å². The summed E-state index contributed by atoms with van der Waals surface area (Å²) in [6.45, 7) is 7.61. The van der Waals surface area contributed by atoms with Crippen molar-refractivity contribution in [2.75, 3.05) is 6.61 Å². The van der Waals surface area contributed by atoms with Crippen LogP contribution in [0.1, 0.15) is 19.4 Å². The highest BCUT2D eigenvalue weighted by Gasteiger charge is 2.07. The van der Waals surface area contributed by atoms with E-state index in [4.69, 9.17) is 4.74 Å². The normalized spacial score (nSPS) is 11.0. The maximum absolute atomic E-state index is 11.7. The summed E-state index contributed by atoms with van der Waals surface area (Å²) in [5.74, 6) is -0.314. The largest absolute Gasteiger partial charge is 0.463 e. The molecule has 0 amide bonds. The molecule has 0 unspecified atom stereocenters. The van der Waals surface area contributed by atoms with E-state index in [-0.39, 0.29) is 5.97 Å². The fraction of sp³-hybridized carbons (Fsp3) is 0.158. The molecule has 0 saturated heterocycles. The molecule has 2 heteroatoms. The molecule has 0 spiro atoms. The number of hydrogen-bond acceptors (Lipinski definition) is 2. The smallest absolute Gasteiger partial charge is 0.333 e. The van der Waals surface area contributed by atoms with Crippen molar-refractivity contribution < 1.29 is 9.53 Å². The van der Waals surface area contributed by atoms with E-state index in [2.05, 4.69) is 36.6 Å². The van der Waals surface area contributed by atoms with Gasteiger partial charge in [0, 0.05) is 11.1 Å². The molecule has 0 aliphatic carbocycles. The van der Waals surface area contributed by atoms with Crippen LogP contribution in [-0.4, -0.2) is 12.6 Å². The predicted octanol–water partition coefficient (Wildman–Crippen LogP) is 4.52. The van der Waals surface area contributed by atoms with E-state index in [1.54, 1.807) is 19.9 Å². The van der Waals surface area contributed by atoms with Crippen molar-refractivity contribution in [3.63, 3.8) is 0 Å². The fourth-order valence-corrected chi connectivity index (χ4v) is 2.11. The zero-order valence-electron chi connectivity index (χ0n) is 12.3. The number of hydrogen-bond donors (Lipinski definition) is 0. The van der Waals surface area contributed by atoms with Gasteiger partial charge >= 0.3 is 5.97 Å². The maximum Gasteiger partial charge on any atom is 0.333 e. The molecule has 2 rings (SSSR count). The molecule has 0 atom stereocenters. The summed E-state index contributed by atoms with van der Waals surface area (Å²) >= 11 is 0. The first-order valence-electron chi connectivity index (χ1n) is 6.90. The first-order valence-corrected chi connectivity index (χ1v) is 6.90. The molecule has 0 fully saturated rings. The molecule has 0 aliphatic rings. The van der Waals surface area contributed by atoms with Gasteiger partial charge in [-0.3, -0.25) is 0 Å². The number of carbonyl (C=O) groups excluding carboxylic acids is 1. The lowest BCUT2D eigenvalue weighted by atomic mass is 10.0. The Labute approximate surface area is 125 Å². The number of allylic oxidation sites excluding steroid dienone is 2. The molecule has 2 nitrogen and oxygen atoms in total. The van der Waals surface area contributed by atoms with Gasteiger partial charge in [0.15, 0.2) is 0 Å². The van der Waals surface area contributed by atoms with Gasteiger partial charge in [0.2, 0.25) is 0 Å². The number of ether oxygens (including phenoxy) is 1. The minimum Gasteiger partial charge on any atom is -0.463 e. The van der Waals surface area contributed by atoms with Gasteiger partial charge < -0.3 is 4.74 Å². The molecule has 0 aromatic heterocycles. The van der Waals surface area contributed by atoms with Gasteiger partial charge in [-0.25, -0.2) is 4.79 Å². The van der Waals surface area contributed by atoms with Gasteiger partial charge in [-0.15, -0.1) is 5.73 Å². The highest BCUT2D eigenvalue weighted by atomic mass is 16.5. The summed E-state index contributed by atoms with van der Waals surface area (Å²) in [5, 5.41) is 2.32. The molecule has 2 aromatic rings. The second-order valence-electron chi connectivity index (χ2n) is 4.70. The van der Waals surface area contributed by atoms with Crippen molar-refractivity contribution >= 4 is 22.3 Å². The van der Waals surface area contributed by atoms with Crippen LogP contribution in [0.5, 0.6) is 0 Å². The Morgan fingerprint density at radius 3 is 2.62 bits per heavy atom. The molecule has 106 valence electrons. The molecule has 0 saturated carbocycles. The van der Waals surface area contributed by atoms with Crippen molar-refractivity contribution in [1.29, 1.82) is 0 Å². The van der Waals surface area contributed by atoms with Crippen LogP contribution in [0.25, 0.3) is 16.3 Å². The topological polar surface area (TPSA) is 26.3 Å². The minimum absolute atomic E-state index is 0.314. The third kappa shape index (κ3) is 3.50. The molecular formula is C19H18O2. The number of carbonyl (C=O) groups is 1. The van der Waals surface area contributed by atoms with Crippen molar-refractivity contribution in [3.05, 3.63) is 72.0 Å². The van der Waals surface area contributed by atoms with E-state index < -0.39 is 0 Å². The van der Waals surface area contributed by atoms with Crippen molar-refractivity contribution in [2.45, 2.75) is 13.8 Å². The Morgan fingerprint density at radius 1 is 1.24 bits per heavy atom. The van der Waals surface area contributed by atoms with E-state index in [1.165, 1.54) is 5.39 Å². The first-order chi connectivity index (χ1) is 10.2. The summed E-state index contributed by atoms with van der Waals surface area (Å²) in [5.41, 5.74) is 5.19.